The predicted molar refractivity (Wildman–Crippen MR) is 92.8 cm³/mol. The van der Waals surface area contributed by atoms with Crippen molar-refractivity contribution in [2.75, 3.05) is 19.6 Å². The van der Waals surface area contributed by atoms with E-state index >= 15 is 0 Å². The maximum absolute atomic E-state index is 11.8. The lowest BCUT2D eigenvalue weighted by Crippen LogP contribution is -2.30. The van der Waals surface area contributed by atoms with Crippen molar-refractivity contribution in [3.63, 3.8) is 0 Å². The molecule has 1 aromatic carbocycles. The van der Waals surface area contributed by atoms with Crippen LogP contribution >= 0.6 is 0 Å². The van der Waals surface area contributed by atoms with Crippen molar-refractivity contribution < 1.29 is 19.1 Å². The molecule has 0 bridgehead atoms. The number of amides is 1. The van der Waals surface area contributed by atoms with Crippen LogP contribution in [0.5, 0.6) is 0 Å². The Balaban J connectivity index is 2.08. The molecule has 0 saturated carbocycles. The molecule has 0 radical (unpaired) electrons. The van der Waals surface area contributed by atoms with Crippen molar-refractivity contribution >= 4 is 12.1 Å². The fraction of sp³-hybridized carbons (Fsp3) is 0.556. The van der Waals surface area contributed by atoms with Crippen LogP contribution < -0.4 is 10.6 Å². The molecule has 6 nitrogen and oxygen atoms in total. The summed E-state index contributed by atoms with van der Waals surface area (Å²) in [4.78, 5) is 23.4. The van der Waals surface area contributed by atoms with Gasteiger partial charge in [-0.3, -0.25) is 0 Å². The van der Waals surface area contributed by atoms with Gasteiger partial charge in [0, 0.05) is 13.5 Å². The molecule has 0 aliphatic heterocycles. The summed E-state index contributed by atoms with van der Waals surface area (Å²) in [5.41, 5.74) is 0.421. The molecule has 0 aromatic heterocycles. The van der Waals surface area contributed by atoms with Crippen molar-refractivity contribution in [3.8, 4) is 0 Å². The number of benzene rings is 1. The molecular formula is C18H28N2O4. The lowest BCUT2D eigenvalue weighted by molar-refractivity contribution is -0.0600. The second-order valence-corrected chi connectivity index (χ2v) is 5.48. The number of hydrogen-bond acceptors (Lipinski definition) is 5. The Kier molecular flexibility index (Phi) is 10.3. The van der Waals surface area contributed by atoms with E-state index in [1.807, 2.05) is 6.07 Å². The maximum Gasteiger partial charge on any atom is 0.410 e. The van der Waals surface area contributed by atoms with Gasteiger partial charge in [-0.05, 0) is 44.5 Å². The molecule has 0 saturated heterocycles. The summed E-state index contributed by atoms with van der Waals surface area (Å²) in [6.07, 6.45) is 2.64. The fourth-order valence-electron chi connectivity index (χ4n) is 2.05. The van der Waals surface area contributed by atoms with Crippen molar-refractivity contribution in [2.45, 2.75) is 45.8 Å². The van der Waals surface area contributed by atoms with Crippen LogP contribution in [0.15, 0.2) is 30.3 Å². The van der Waals surface area contributed by atoms with Crippen LogP contribution in [0.1, 0.15) is 49.9 Å². The van der Waals surface area contributed by atoms with E-state index in [1.54, 1.807) is 24.3 Å². The molecule has 1 rings (SSSR count). The highest BCUT2D eigenvalue weighted by Crippen LogP contribution is 2.04. The van der Waals surface area contributed by atoms with Crippen LogP contribution in [0.25, 0.3) is 0 Å². The average molecular weight is 336 g/mol. The molecule has 0 fully saturated rings. The highest BCUT2D eigenvalue weighted by atomic mass is 16.7. The smallest absolute Gasteiger partial charge is 0.410 e. The zero-order valence-corrected chi connectivity index (χ0v) is 14.5. The van der Waals surface area contributed by atoms with Crippen LogP contribution in [0.2, 0.25) is 0 Å². The first-order valence-electron chi connectivity index (χ1n) is 8.54. The Morgan fingerprint density at radius 2 is 1.71 bits per heavy atom. The third kappa shape index (κ3) is 9.15. The predicted octanol–water partition coefficient (Wildman–Crippen LogP) is 3.09. The Morgan fingerprint density at radius 1 is 1.00 bits per heavy atom. The molecule has 134 valence electrons. The molecule has 1 amide bonds. The van der Waals surface area contributed by atoms with Gasteiger partial charge in [-0.25, -0.2) is 9.59 Å². The van der Waals surface area contributed by atoms with Gasteiger partial charge in [-0.2, -0.15) is 0 Å². The van der Waals surface area contributed by atoms with Gasteiger partial charge in [0.05, 0.1) is 5.56 Å². The summed E-state index contributed by atoms with van der Waals surface area (Å²) < 4.78 is 10.1. The Labute approximate surface area is 143 Å². The van der Waals surface area contributed by atoms with E-state index in [9.17, 15) is 9.59 Å². The van der Waals surface area contributed by atoms with E-state index in [4.69, 9.17) is 9.47 Å². The summed E-state index contributed by atoms with van der Waals surface area (Å²) >= 11 is 0. The molecule has 0 aliphatic carbocycles. The topological polar surface area (TPSA) is 76.7 Å². The molecule has 2 N–H and O–H groups in total. The van der Waals surface area contributed by atoms with Crippen molar-refractivity contribution in [1.82, 2.24) is 10.6 Å². The minimum absolute atomic E-state index is 0.421. The normalized spacial score (nSPS) is 11.6. The van der Waals surface area contributed by atoms with Gasteiger partial charge in [0.25, 0.3) is 0 Å². The molecule has 6 heteroatoms. The average Bonchev–Trinajstić information content (AvgIpc) is 2.58. The number of ether oxygens (including phenoxy) is 2. The lowest BCUT2D eigenvalue weighted by Gasteiger charge is -2.14. The van der Waals surface area contributed by atoms with E-state index in [1.165, 1.54) is 6.92 Å². The molecule has 0 unspecified atom stereocenters. The Bertz CT molecular complexity index is 479. The van der Waals surface area contributed by atoms with Gasteiger partial charge in [0.2, 0.25) is 6.29 Å². The number of alkyl carbamates (subject to hydrolysis) is 1. The number of hydrogen-bond donors (Lipinski definition) is 2. The SMILES string of the molecule is CCCNCCCCCNC(=O)O[C@H](C)OC(=O)c1ccccc1. The van der Waals surface area contributed by atoms with E-state index in [0.29, 0.717) is 12.1 Å². The summed E-state index contributed by atoms with van der Waals surface area (Å²) in [5.74, 6) is -0.518. The maximum atomic E-state index is 11.8. The van der Waals surface area contributed by atoms with Gasteiger partial charge in [0.15, 0.2) is 0 Å². The first kappa shape index (κ1) is 20.0. The zero-order chi connectivity index (χ0) is 17.6. The van der Waals surface area contributed by atoms with Crippen LogP contribution in [0.3, 0.4) is 0 Å². The molecule has 0 spiro atoms. The molecule has 1 atom stereocenters. The zero-order valence-electron chi connectivity index (χ0n) is 14.5. The molecule has 0 aliphatic rings. The molecule has 1 aromatic rings. The fourth-order valence-corrected chi connectivity index (χ4v) is 2.05. The molecule has 24 heavy (non-hydrogen) atoms. The summed E-state index contributed by atoms with van der Waals surface area (Å²) in [6, 6.07) is 8.58. The van der Waals surface area contributed by atoms with Crippen LogP contribution in [0.4, 0.5) is 4.79 Å². The number of carbonyl (C=O) groups excluding carboxylic acids is 2. The lowest BCUT2D eigenvalue weighted by atomic mass is 10.2. The Hall–Kier alpha value is -2.08. The first-order chi connectivity index (χ1) is 11.6. The highest BCUT2D eigenvalue weighted by Gasteiger charge is 2.14. The quantitative estimate of drug-likeness (QED) is 0.369. The number of carbonyl (C=O) groups is 2. The molecule has 0 heterocycles. The van der Waals surface area contributed by atoms with Gasteiger partial charge in [0.1, 0.15) is 0 Å². The van der Waals surface area contributed by atoms with Gasteiger partial charge in [-0.15, -0.1) is 0 Å². The van der Waals surface area contributed by atoms with Crippen molar-refractivity contribution in [1.29, 1.82) is 0 Å². The van der Waals surface area contributed by atoms with Gasteiger partial charge >= 0.3 is 12.1 Å². The second kappa shape index (κ2) is 12.4. The second-order valence-electron chi connectivity index (χ2n) is 5.48. The first-order valence-corrected chi connectivity index (χ1v) is 8.54. The summed E-state index contributed by atoms with van der Waals surface area (Å²) in [6.45, 7) is 6.25. The number of unbranched alkanes of at least 4 members (excludes halogenated alkanes) is 2. The van der Waals surface area contributed by atoms with Gasteiger partial charge < -0.3 is 20.1 Å². The Morgan fingerprint density at radius 3 is 2.42 bits per heavy atom. The summed E-state index contributed by atoms with van der Waals surface area (Å²) in [7, 11) is 0. The van der Waals surface area contributed by atoms with Crippen molar-refractivity contribution in [2.24, 2.45) is 0 Å². The van der Waals surface area contributed by atoms with E-state index < -0.39 is 18.4 Å². The summed E-state index contributed by atoms with van der Waals surface area (Å²) in [5, 5.41) is 5.99. The van der Waals surface area contributed by atoms with E-state index in [2.05, 4.69) is 17.6 Å². The van der Waals surface area contributed by atoms with E-state index in [0.717, 1.165) is 38.8 Å². The largest absolute Gasteiger partial charge is 0.422 e. The van der Waals surface area contributed by atoms with Gasteiger partial charge in [-0.1, -0.05) is 31.5 Å². The standard InChI is InChI=1S/C18H28N2O4/c1-3-12-19-13-8-5-9-14-20-18(22)24-15(2)23-17(21)16-10-6-4-7-11-16/h4,6-7,10-11,15,19H,3,5,8-9,12-14H2,1-2H3,(H,20,22)/t15-/m1/s1. The minimum atomic E-state index is -0.934. The third-order valence-corrected chi connectivity index (χ3v) is 3.28. The minimum Gasteiger partial charge on any atom is -0.422 e. The monoisotopic (exact) mass is 336 g/mol. The number of nitrogens with one attached hydrogen (secondary N) is 2. The van der Waals surface area contributed by atoms with Crippen molar-refractivity contribution in [3.05, 3.63) is 35.9 Å². The number of esters is 1. The van der Waals surface area contributed by atoms with Crippen LogP contribution in [-0.4, -0.2) is 38.0 Å². The van der Waals surface area contributed by atoms with Crippen LogP contribution in [0, 0.1) is 0 Å². The third-order valence-electron chi connectivity index (χ3n) is 3.28. The number of rotatable bonds is 11. The van der Waals surface area contributed by atoms with Crippen LogP contribution in [-0.2, 0) is 9.47 Å². The highest BCUT2D eigenvalue weighted by molar-refractivity contribution is 5.89. The molecular weight excluding hydrogens is 308 g/mol. The van der Waals surface area contributed by atoms with E-state index in [-0.39, 0.29) is 0 Å².